The minimum absolute atomic E-state index is 0.169. The highest BCUT2D eigenvalue weighted by Gasteiger charge is 2.33. The molecule has 0 fully saturated rings. The topological polar surface area (TPSA) is 43.4 Å². The van der Waals surface area contributed by atoms with E-state index in [-0.39, 0.29) is 25.2 Å². The van der Waals surface area contributed by atoms with Gasteiger partial charge in [0, 0.05) is 0 Å². The van der Waals surface area contributed by atoms with E-state index in [2.05, 4.69) is 55.4 Å². The number of carbonyl (C=O) groups is 2. The van der Waals surface area contributed by atoms with Crippen LogP contribution in [0.2, 0.25) is 25.3 Å². The first-order valence-electron chi connectivity index (χ1n) is 9.28. The van der Waals surface area contributed by atoms with Crippen LogP contribution in [0.1, 0.15) is 55.4 Å². The summed E-state index contributed by atoms with van der Waals surface area (Å²) < 4.78 is 5.30. The fourth-order valence-electron chi connectivity index (χ4n) is 3.12. The monoisotopic (exact) mass is 322 g/mol. The van der Waals surface area contributed by atoms with Gasteiger partial charge in [-0.05, 0) is 0 Å². The van der Waals surface area contributed by atoms with Gasteiger partial charge in [0.2, 0.25) is 0 Å². The Labute approximate surface area is 144 Å². The molecule has 0 aliphatic heterocycles. The van der Waals surface area contributed by atoms with Crippen molar-refractivity contribution in [1.82, 2.24) is 0 Å². The summed E-state index contributed by atoms with van der Waals surface area (Å²) in [4.78, 5) is 24.9. The highest BCUT2D eigenvalue weighted by atomic mass is 16.6. The standard InChI is InChI=1S/C18H36B2O3/c1-13(2)9-19(10-14(3)4)17(21)23-18(22)20(11-15(5)6)12-16(7)8/h13-16H,9-12H2,1-8H3. The fraction of sp³-hybridized carbons (Fsp3) is 0.889. The van der Waals surface area contributed by atoms with E-state index in [1.54, 1.807) is 0 Å². The molecule has 5 heteroatoms. The van der Waals surface area contributed by atoms with Gasteiger partial charge >= 0.3 is 0 Å². The predicted molar refractivity (Wildman–Crippen MR) is 102 cm³/mol. The number of hydrogen-bond donors (Lipinski definition) is 0. The molecule has 0 aliphatic rings. The van der Waals surface area contributed by atoms with E-state index in [1.807, 2.05) is 0 Å². The van der Waals surface area contributed by atoms with Gasteiger partial charge < -0.3 is 4.74 Å². The highest BCUT2D eigenvalue weighted by molar-refractivity contribution is 6.93. The van der Waals surface area contributed by atoms with Crippen molar-refractivity contribution in [2.45, 2.75) is 80.7 Å². The van der Waals surface area contributed by atoms with Gasteiger partial charge in [0.05, 0.1) is 0 Å². The molecule has 132 valence electrons. The maximum absolute atomic E-state index is 12.5. The molecule has 3 nitrogen and oxygen atoms in total. The minimum Gasteiger partial charge on any atom is -0.410 e. The van der Waals surface area contributed by atoms with Gasteiger partial charge in [-0.2, -0.15) is 0 Å². The highest BCUT2D eigenvalue weighted by Crippen LogP contribution is 2.20. The second kappa shape index (κ2) is 10.9. The Bertz CT molecular complexity index is 311. The van der Waals surface area contributed by atoms with E-state index in [0.717, 1.165) is 25.3 Å². The predicted octanol–water partition coefficient (Wildman–Crippen LogP) is 6.02. The van der Waals surface area contributed by atoms with E-state index in [1.165, 1.54) is 0 Å². The van der Waals surface area contributed by atoms with E-state index in [9.17, 15) is 9.59 Å². The third-order valence-corrected chi connectivity index (χ3v) is 3.89. The summed E-state index contributed by atoms with van der Waals surface area (Å²) in [5.74, 6) is 1.03. The molecular weight excluding hydrogens is 286 g/mol. The minimum atomic E-state index is -0.324. The van der Waals surface area contributed by atoms with Gasteiger partial charge in [0.1, 0.15) is 0 Å². The number of hydrogen-bond acceptors (Lipinski definition) is 3. The Morgan fingerprint density at radius 1 is 0.609 bits per heavy atom. The SMILES string of the molecule is CC(C)CB(CC(C)C)C(=O)OC(=O)B(CC(C)C)CC(C)C. The molecular formula is C18H36B2O3. The molecule has 0 aliphatic carbocycles. The molecule has 0 aromatic rings. The molecule has 23 heavy (non-hydrogen) atoms. The maximum atomic E-state index is 12.5. The molecule has 0 amide bonds. The van der Waals surface area contributed by atoms with E-state index >= 15 is 0 Å². The van der Waals surface area contributed by atoms with Gasteiger partial charge in [0.15, 0.2) is 0 Å². The summed E-state index contributed by atoms with van der Waals surface area (Å²) in [5.41, 5.74) is 0. The molecule has 0 atom stereocenters. The zero-order valence-electron chi connectivity index (χ0n) is 16.5. The van der Waals surface area contributed by atoms with Crippen molar-refractivity contribution in [2.24, 2.45) is 23.7 Å². The summed E-state index contributed by atoms with van der Waals surface area (Å²) in [7, 11) is 0. The van der Waals surface area contributed by atoms with Gasteiger partial charge in [-0.25, -0.2) is 0 Å². The van der Waals surface area contributed by atoms with Crippen LogP contribution in [-0.4, -0.2) is 25.2 Å². The van der Waals surface area contributed by atoms with Crippen LogP contribution in [0.25, 0.3) is 0 Å². The molecule has 0 bridgehead atoms. The zero-order valence-corrected chi connectivity index (χ0v) is 16.5. The molecule has 0 spiro atoms. The summed E-state index contributed by atoms with van der Waals surface area (Å²) >= 11 is 0. The molecule has 0 heterocycles. The van der Waals surface area contributed by atoms with Crippen LogP contribution in [0.5, 0.6) is 0 Å². The summed E-state index contributed by atoms with van der Waals surface area (Å²) in [6.45, 7) is 16.5. The molecule has 0 aromatic carbocycles. The summed E-state index contributed by atoms with van der Waals surface area (Å²) in [5, 5.41) is 0. The van der Waals surface area contributed by atoms with Crippen LogP contribution >= 0.6 is 0 Å². The van der Waals surface area contributed by atoms with Crippen LogP contribution in [0.3, 0.4) is 0 Å². The molecule has 0 radical (unpaired) electrons. The largest absolute Gasteiger partial charge is 0.410 e. The molecule has 0 N–H and O–H groups in total. The Hall–Kier alpha value is -0.730. The normalized spacial score (nSPS) is 11.5. The molecule has 0 saturated heterocycles. The first-order valence-corrected chi connectivity index (χ1v) is 9.28. The quantitative estimate of drug-likeness (QED) is 0.365. The average molecular weight is 322 g/mol. The number of carbonyl (C=O) groups excluding carboxylic acids is 2. The van der Waals surface area contributed by atoms with Crippen molar-refractivity contribution in [3.8, 4) is 0 Å². The maximum Gasteiger partial charge on any atom is 0.279 e. The van der Waals surface area contributed by atoms with Crippen molar-refractivity contribution in [3.63, 3.8) is 0 Å². The van der Waals surface area contributed by atoms with Crippen molar-refractivity contribution in [2.75, 3.05) is 0 Å². The Balaban J connectivity index is 4.86. The van der Waals surface area contributed by atoms with Gasteiger partial charge in [-0.3, -0.25) is 9.59 Å². The van der Waals surface area contributed by atoms with Crippen LogP contribution < -0.4 is 0 Å². The van der Waals surface area contributed by atoms with Crippen molar-refractivity contribution >= 4 is 25.2 Å². The molecule has 0 rings (SSSR count). The first-order chi connectivity index (χ1) is 10.5. The second-order valence-electron chi connectivity index (χ2n) is 8.65. The third-order valence-electron chi connectivity index (χ3n) is 3.89. The lowest BCUT2D eigenvalue weighted by molar-refractivity contribution is 0.181. The first kappa shape index (κ1) is 22.3. The van der Waals surface area contributed by atoms with Crippen molar-refractivity contribution in [3.05, 3.63) is 0 Å². The second-order valence-corrected chi connectivity index (χ2v) is 8.65. The van der Waals surface area contributed by atoms with E-state index < -0.39 is 0 Å². The zero-order chi connectivity index (χ0) is 18.2. The lowest BCUT2D eigenvalue weighted by atomic mass is 9.40. The van der Waals surface area contributed by atoms with E-state index in [0.29, 0.717) is 23.7 Å². The summed E-state index contributed by atoms with van der Waals surface area (Å²) in [6.07, 6.45) is 3.12. The lowest BCUT2D eigenvalue weighted by Crippen LogP contribution is -2.37. The van der Waals surface area contributed by atoms with E-state index in [4.69, 9.17) is 4.74 Å². The fourth-order valence-corrected chi connectivity index (χ4v) is 3.12. The Kier molecular flexibility index (Phi) is 10.6. The van der Waals surface area contributed by atoms with Crippen molar-refractivity contribution < 1.29 is 14.3 Å². The average Bonchev–Trinajstić information content (AvgIpc) is 2.34. The Morgan fingerprint density at radius 2 is 0.826 bits per heavy atom. The molecule has 0 saturated carbocycles. The van der Waals surface area contributed by atoms with Crippen LogP contribution in [0.4, 0.5) is 9.59 Å². The van der Waals surface area contributed by atoms with Gasteiger partial charge in [-0.15, -0.1) is 0 Å². The smallest absolute Gasteiger partial charge is 0.279 e. The molecule has 0 unspecified atom stereocenters. The molecule has 0 aromatic heterocycles. The van der Waals surface area contributed by atoms with Crippen molar-refractivity contribution in [1.29, 1.82) is 0 Å². The number of ether oxygens (including phenoxy) is 1. The van der Waals surface area contributed by atoms with Gasteiger partial charge in [0.25, 0.3) is 25.2 Å². The third kappa shape index (κ3) is 10.6. The van der Waals surface area contributed by atoms with Crippen LogP contribution in [0, 0.1) is 23.7 Å². The number of rotatable bonds is 10. The van der Waals surface area contributed by atoms with Gasteiger partial charge in [-0.1, -0.05) is 104 Å². The lowest BCUT2D eigenvalue weighted by Gasteiger charge is -2.19. The van der Waals surface area contributed by atoms with Crippen LogP contribution in [0.15, 0.2) is 0 Å². The van der Waals surface area contributed by atoms with Crippen LogP contribution in [-0.2, 0) is 4.74 Å². The Morgan fingerprint density at radius 3 is 1.00 bits per heavy atom. The summed E-state index contributed by atoms with van der Waals surface area (Å²) in [6, 6.07) is 0.